The molecule has 0 saturated heterocycles. The van der Waals surface area contributed by atoms with Crippen LogP contribution < -0.4 is 5.43 Å². The second-order valence-corrected chi connectivity index (χ2v) is 9.26. The summed E-state index contributed by atoms with van der Waals surface area (Å²) in [5, 5.41) is 9.67. The van der Waals surface area contributed by atoms with Gasteiger partial charge >= 0.3 is 0 Å². The average Bonchev–Trinajstić information content (AvgIpc) is 3.51. The number of nitrogens with one attached hydrogen (secondary N) is 2. The van der Waals surface area contributed by atoms with Gasteiger partial charge in [0.15, 0.2) is 5.65 Å². The molecule has 0 unspecified atom stereocenters. The maximum absolute atomic E-state index is 13.3. The van der Waals surface area contributed by atoms with Crippen molar-refractivity contribution in [1.29, 1.82) is 0 Å². The van der Waals surface area contributed by atoms with Crippen LogP contribution in [0.4, 0.5) is 0 Å². The second kappa shape index (κ2) is 6.73. The number of carbonyl (C=O) groups is 1. The highest BCUT2D eigenvalue weighted by Crippen LogP contribution is 2.34. The lowest BCUT2D eigenvalue weighted by Crippen LogP contribution is -2.46. The van der Waals surface area contributed by atoms with Crippen molar-refractivity contribution in [2.24, 2.45) is 7.05 Å². The Balaban J connectivity index is 1.31. The van der Waals surface area contributed by atoms with Crippen molar-refractivity contribution in [1.82, 2.24) is 35.2 Å². The number of thiazole rings is 2. The fourth-order valence-corrected chi connectivity index (χ4v) is 5.76. The number of nitrogens with zero attached hydrogens (tertiary/aromatic N) is 5. The molecule has 0 saturated carbocycles. The third-order valence-corrected chi connectivity index (χ3v) is 7.31. The first kappa shape index (κ1) is 17.8. The van der Waals surface area contributed by atoms with E-state index in [-0.39, 0.29) is 5.91 Å². The highest BCUT2D eigenvalue weighted by Gasteiger charge is 2.31. The lowest BCUT2D eigenvalue weighted by molar-refractivity contribution is 0.0593. The first-order chi connectivity index (χ1) is 14.7. The molecule has 0 radical (unpaired) electrons. The molecule has 5 heterocycles. The Bertz CT molecular complexity index is 1400. The topological polar surface area (TPSA) is 91.7 Å². The summed E-state index contributed by atoms with van der Waals surface area (Å²) in [6.45, 7) is 1.09. The molecule has 4 aromatic heterocycles. The Labute approximate surface area is 179 Å². The van der Waals surface area contributed by atoms with Crippen LogP contribution in [0.25, 0.3) is 20.6 Å². The third kappa shape index (κ3) is 2.76. The first-order valence-corrected chi connectivity index (χ1v) is 11.2. The van der Waals surface area contributed by atoms with E-state index < -0.39 is 0 Å². The molecular formula is C20H17N7OS2. The molecule has 1 aromatic carbocycles. The number of amides is 1. The molecule has 6 rings (SSSR count). The van der Waals surface area contributed by atoms with Gasteiger partial charge in [-0.2, -0.15) is 5.10 Å². The van der Waals surface area contributed by atoms with Crippen molar-refractivity contribution in [2.45, 2.75) is 19.5 Å². The van der Waals surface area contributed by atoms with Crippen molar-refractivity contribution >= 4 is 49.1 Å². The van der Waals surface area contributed by atoms with E-state index in [4.69, 9.17) is 4.98 Å². The lowest BCUT2D eigenvalue weighted by Gasteiger charge is -2.28. The van der Waals surface area contributed by atoms with Crippen molar-refractivity contribution in [2.75, 3.05) is 0 Å². The number of aryl methyl sites for hydroxylation is 1. The predicted octanol–water partition coefficient (Wildman–Crippen LogP) is 3.22. The molecule has 10 heteroatoms. The van der Waals surface area contributed by atoms with Gasteiger partial charge in [0.05, 0.1) is 27.0 Å². The van der Waals surface area contributed by atoms with E-state index >= 15 is 0 Å². The molecule has 1 amide bonds. The van der Waals surface area contributed by atoms with Gasteiger partial charge in [0.2, 0.25) is 0 Å². The van der Waals surface area contributed by atoms with Gasteiger partial charge in [0.1, 0.15) is 10.7 Å². The molecule has 0 aliphatic carbocycles. The van der Waals surface area contributed by atoms with E-state index in [1.807, 2.05) is 29.3 Å². The minimum absolute atomic E-state index is 0.0301. The van der Waals surface area contributed by atoms with Crippen LogP contribution in [0.3, 0.4) is 0 Å². The Hall–Kier alpha value is -3.08. The summed E-state index contributed by atoms with van der Waals surface area (Å²) in [6.07, 6.45) is 2.45. The van der Waals surface area contributed by atoms with Crippen LogP contribution in [-0.4, -0.2) is 35.6 Å². The minimum atomic E-state index is -0.0301. The number of aromatic amines is 1. The fourth-order valence-electron chi connectivity index (χ4n) is 3.94. The molecule has 0 bridgehead atoms. The van der Waals surface area contributed by atoms with E-state index in [1.165, 1.54) is 0 Å². The standard InChI is InChI=1S/C20H17N7OS2/c1-26-17-13(18-19(26)24-16(30-18)7-12-4-5-22-25-12)8-23-27(20(17)28)9-11-2-3-15-14(6-11)21-10-29-15/h2-6,10,23H,7-9H2,1H3,(H,22,25). The van der Waals surface area contributed by atoms with Crippen LogP contribution in [0.5, 0.6) is 0 Å². The zero-order valence-corrected chi connectivity index (χ0v) is 17.7. The Morgan fingerprint density at radius 2 is 2.20 bits per heavy atom. The number of benzene rings is 1. The van der Waals surface area contributed by atoms with E-state index in [9.17, 15) is 4.79 Å². The largest absolute Gasteiger partial charge is 0.323 e. The molecule has 150 valence electrons. The Kier molecular flexibility index (Phi) is 3.98. The molecule has 0 fully saturated rings. The number of carbonyl (C=O) groups excluding carboxylic acids is 1. The summed E-state index contributed by atoms with van der Waals surface area (Å²) in [5.74, 6) is -0.0301. The zero-order chi connectivity index (χ0) is 20.2. The van der Waals surface area contributed by atoms with Crippen LogP contribution in [0, 0.1) is 0 Å². The molecule has 1 aliphatic rings. The summed E-state index contributed by atoms with van der Waals surface area (Å²) in [4.78, 5) is 22.4. The van der Waals surface area contributed by atoms with Crippen molar-refractivity contribution in [3.63, 3.8) is 0 Å². The highest BCUT2D eigenvalue weighted by atomic mass is 32.1. The lowest BCUT2D eigenvalue weighted by atomic mass is 10.1. The molecule has 1 aliphatic heterocycles. The maximum atomic E-state index is 13.3. The molecular weight excluding hydrogens is 418 g/mol. The second-order valence-electron chi connectivity index (χ2n) is 7.29. The van der Waals surface area contributed by atoms with Gasteiger partial charge in [-0.25, -0.2) is 15.4 Å². The Morgan fingerprint density at radius 3 is 3.07 bits per heavy atom. The smallest absolute Gasteiger partial charge is 0.285 e. The van der Waals surface area contributed by atoms with Gasteiger partial charge < -0.3 is 4.57 Å². The molecule has 8 nitrogen and oxygen atoms in total. The average molecular weight is 436 g/mol. The quantitative estimate of drug-likeness (QED) is 0.452. The molecule has 30 heavy (non-hydrogen) atoms. The number of aromatic nitrogens is 5. The predicted molar refractivity (Wildman–Crippen MR) is 116 cm³/mol. The monoisotopic (exact) mass is 435 g/mol. The third-order valence-electron chi connectivity index (χ3n) is 5.40. The summed E-state index contributed by atoms with van der Waals surface area (Å²) in [5.41, 5.74) is 10.8. The maximum Gasteiger partial charge on any atom is 0.285 e. The zero-order valence-electron chi connectivity index (χ0n) is 16.0. The minimum Gasteiger partial charge on any atom is -0.323 e. The van der Waals surface area contributed by atoms with Gasteiger partial charge in [0, 0.05) is 37.5 Å². The number of rotatable bonds is 4. The van der Waals surface area contributed by atoms with Gasteiger partial charge in [-0.1, -0.05) is 6.07 Å². The van der Waals surface area contributed by atoms with E-state index in [1.54, 1.807) is 33.9 Å². The number of hydrogen-bond donors (Lipinski definition) is 2. The van der Waals surface area contributed by atoms with Crippen molar-refractivity contribution < 1.29 is 4.79 Å². The molecule has 5 aromatic rings. The van der Waals surface area contributed by atoms with Crippen LogP contribution in [0.2, 0.25) is 0 Å². The molecule has 2 N–H and O–H groups in total. The summed E-state index contributed by atoms with van der Waals surface area (Å²) >= 11 is 3.26. The summed E-state index contributed by atoms with van der Waals surface area (Å²) in [6, 6.07) is 8.11. The van der Waals surface area contributed by atoms with Crippen LogP contribution in [0.15, 0.2) is 36.0 Å². The number of hydrogen-bond acceptors (Lipinski definition) is 7. The highest BCUT2D eigenvalue weighted by molar-refractivity contribution is 7.18. The normalized spacial score (nSPS) is 14.2. The fraction of sp³-hybridized carbons (Fsp3) is 0.200. The van der Waals surface area contributed by atoms with Gasteiger partial charge in [-0.05, 0) is 23.8 Å². The number of fused-ring (bicyclic) bond motifs is 4. The Morgan fingerprint density at radius 1 is 1.27 bits per heavy atom. The van der Waals surface area contributed by atoms with Crippen LogP contribution in [-0.2, 0) is 26.6 Å². The van der Waals surface area contributed by atoms with Gasteiger partial charge in [0.25, 0.3) is 5.91 Å². The van der Waals surface area contributed by atoms with E-state index in [2.05, 4.69) is 32.7 Å². The van der Waals surface area contributed by atoms with Crippen LogP contribution >= 0.6 is 22.7 Å². The SMILES string of the molecule is Cn1c2c(c3sc(Cc4ccn[nH]4)nc31)CNN(Cc1ccc3scnc3c1)C2=O. The molecule has 0 spiro atoms. The van der Waals surface area contributed by atoms with Crippen molar-refractivity contribution in [3.05, 3.63) is 63.5 Å². The number of hydrazine groups is 1. The molecule has 0 atom stereocenters. The van der Waals surface area contributed by atoms with E-state index in [0.29, 0.717) is 25.2 Å². The van der Waals surface area contributed by atoms with Gasteiger partial charge in [-0.3, -0.25) is 14.9 Å². The van der Waals surface area contributed by atoms with E-state index in [0.717, 1.165) is 42.4 Å². The summed E-state index contributed by atoms with van der Waals surface area (Å²) in [7, 11) is 1.92. The van der Waals surface area contributed by atoms with Crippen molar-refractivity contribution in [3.8, 4) is 0 Å². The number of H-pyrrole nitrogens is 1. The summed E-state index contributed by atoms with van der Waals surface area (Å²) < 4.78 is 4.15. The van der Waals surface area contributed by atoms with Crippen LogP contribution in [0.1, 0.15) is 32.3 Å². The van der Waals surface area contributed by atoms with Gasteiger partial charge in [-0.15, -0.1) is 22.7 Å². The first-order valence-electron chi connectivity index (χ1n) is 9.50.